The molecule has 1 aliphatic rings. The number of piperidine rings is 1. The number of nitrogens with one attached hydrogen (secondary N) is 2. The molecular weight excluding hydrogens is 412 g/mol. The first-order chi connectivity index (χ1) is 13.7. The number of carbonyl (C=O) groups excluding carboxylic acids is 2. The summed E-state index contributed by atoms with van der Waals surface area (Å²) < 4.78 is 25.0. The maximum Gasteiger partial charge on any atom is 0.245 e. The van der Waals surface area contributed by atoms with E-state index in [1.54, 1.807) is 29.2 Å². The van der Waals surface area contributed by atoms with Gasteiger partial charge in [-0.3, -0.25) is 14.3 Å². The molecular formula is C19H22N4O4S2. The largest absolute Gasteiger partial charge is 0.338 e. The van der Waals surface area contributed by atoms with Crippen molar-refractivity contribution in [2.45, 2.75) is 12.8 Å². The van der Waals surface area contributed by atoms with Gasteiger partial charge in [0, 0.05) is 29.7 Å². The molecule has 0 aliphatic carbocycles. The summed E-state index contributed by atoms with van der Waals surface area (Å²) in [7, 11) is -3.33. The number of hydrogen-bond donors (Lipinski definition) is 2. The maximum atomic E-state index is 12.6. The summed E-state index contributed by atoms with van der Waals surface area (Å²) in [6.07, 6.45) is 3.85. The van der Waals surface area contributed by atoms with Crippen molar-refractivity contribution in [2.24, 2.45) is 5.92 Å². The van der Waals surface area contributed by atoms with Gasteiger partial charge < -0.3 is 10.2 Å². The van der Waals surface area contributed by atoms with Crippen molar-refractivity contribution in [1.82, 2.24) is 9.88 Å². The Balaban J connectivity index is 1.63. The summed E-state index contributed by atoms with van der Waals surface area (Å²) in [5.74, 6) is -0.589. The highest BCUT2D eigenvalue weighted by Crippen LogP contribution is 2.27. The fraction of sp³-hybridized carbons (Fsp3) is 0.316. The van der Waals surface area contributed by atoms with Gasteiger partial charge in [-0.2, -0.15) is 0 Å². The van der Waals surface area contributed by atoms with Crippen LogP contribution in [0.3, 0.4) is 0 Å². The van der Waals surface area contributed by atoms with Crippen LogP contribution in [0, 0.1) is 5.92 Å². The summed E-state index contributed by atoms with van der Waals surface area (Å²) >= 11 is 1.31. The van der Waals surface area contributed by atoms with E-state index in [9.17, 15) is 18.0 Å². The average Bonchev–Trinajstić information content (AvgIpc) is 3.15. The molecule has 1 aromatic carbocycles. The molecule has 2 heterocycles. The second-order valence-electron chi connectivity index (χ2n) is 6.81. The zero-order valence-corrected chi connectivity index (χ0v) is 17.6. The number of hydrogen-bond acceptors (Lipinski definition) is 6. The van der Waals surface area contributed by atoms with Crippen LogP contribution in [0.15, 0.2) is 42.3 Å². The Bertz CT molecular complexity index is 1020. The smallest absolute Gasteiger partial charge is 0.245 e. The van der Waals surface area contributed by atoms with Crippen LogP contribution in [0.1, 0.15) is 12.8 Å². The standard InChI is InChI=1S/C19H22N4O4S2/c1-3-17(24)23-10-4-5-14(11-23)18(25)21-19-20-16(12-28-19)13-6-8-15(9-7-13)22-29(2,26)27/h3,6-9,12,14,22H,1,4-5,10-11H2,2H3,(H,20,21,25)/t14-/m1/s1. The van der Waals surface area contributed by atoms with Gasteiger partial charge in [-0.1, -0.05) is 18.7 Å². The van der Waals surface area contributed by atoms with Crippen molar-refractivity contribution < 1.29 is 18.0 Å². The Morgan fingerprint density at radius 1 is 1.31 bits per heavy atom. The van der Waals surface area contributed by atoms with Crippen LogP contribution in [-0.4, -0.2) is 49.5 Å². The third-order valence-electron chi connectivity index (χ3n) is 4.50. The number of carbonyl (C=O) groups is 2. The molecule has 1 aliphatic heterocycles. The summed E-state index contributed by atoms with van der Waals surface area (Å²) in [6, 6.07) is 6.82. The molecule has 3 rings (SSSR count). The van der Waals surface area contributed by atoms with E-state index in [-0.39, 0.29) is 17.7 Å². The van der Waals surface area contributed by atoms with E-state index in [1.807, 2.05) is 5.38 Å². The van der Waals surface area contributed by atoms with Crippen molar-refractivity contribution in [3.05, 3.63) is 42.3 Å². The van der Waals surface area contributed by atoms with Gasteiger partial charge >= 0.3 is 0 Å². The lowest BCUT2D eigenvalue weighted by Crippen LogP contribution is -2.43. The zero-order valence-electron chi connectivity index (χ0n) is 15.9. The molecule has 0 radical (unpaired) electrons. The Morgan fingerprint density at radius 2 is 2.03 bits per heavy atom. The Labute approximate surface area is 173 Å². The van der Waals surface area contributed by atoms with E-state index in [2.05, 4.69) is 21.6 Å². The molecule has 1 atom stereocenters. The first-order valence-electron chi connectivity index (χ1n) is 9.01. The van der Waals surface area contributed by atoms with E-state index in [1.165, 1.54) is 17.4 Å². The first-order valence-corrected chi connectivity index (χ1v) is 11.8. The lowest BCUT2D eigenvalue weighted by molar-refractivity contribution is -0.130. The van der Waals surface area contributed by atoms with Crippen LogP contribution < -0.4 is 10.0 Å². The van der Waals surface area contributed by atoms with E-state index in [0.717, 1.165) is 24.7 Å². The minimum atomic E-state index is -3.33. The molecule has 8 nitrogen and oxygen atoms in total. The van der Waals surface area contributed by atoms with Crippen molar-refractivity contribution in [3.8, 4) is 11.3 Å². The van der Waals surface area contributed by atoms with Crippen molar-refractivity contribution >= 4 is 44.0 Å². The number of rotatable bonds is 6. The van der Waals surface area contributed by atoms with Crippen molar-refractivity contribution in [3.63, 3.8) is 0 Å². The summed E-state index contributed by atoms with van der Waals surface area (Å²) in [5, 5.41) is 5.14. The number of amides is 2. The summed E-state index contributed by atoms with van der Waals surface area (Å²) in [4.78, 5) is 30.4. The van der Waals surface area contributed by atoms with Crippen LogP contribution in [0.2, 0.25) is 0 Å². The third-order valence-corrected chi connectivity index (χ3v) is 5.86. The van der Waals surface area contributed by atoms with E-state index in [0.29, 0.717) is 29.6 Å². The van der Waals surface area contributed by atoms with Crippen LogP contribution in [0.5, 0.6) is 0 Å². The van der Waals surface area contributed by atoms with Crippen molar-refractivity contribution in [2.75, 3.05) is 29.4 Å². The lowest BCUT2D eigenvalue weighted by Gasteiger charge is -2.31. The minimum absolute atomic E-state index is 0.153. The number of anilines is 2. The second kappa shape index (κ2) is 8.75. The molecule has 1 saturated heterocycles. The molecule has 0 bridgehead atoms. The molecule has 2 amide bonds. The Hall–Kier alpha value is -2.72. The summed E-state index contributed by atoms with van der Waals surface area (Å²) in [6.45, 7) is 4.51. The predicted octanol–water partition coefficient (Wildman–Crippen LogP) is 2.54. The van der Waals surface area contributed by atoms with Crippen LogP contribution in [0.4, 0.5) is 10.8 Å². The number of benzene rings is 1. The molecule has 1 aromatic heterocycles. The van der Waals surface area contributed by atoms with Gasteiger partial charge in [-0.25, -0.2) is 13.4 Å². The number of sulfonamides is 1. The fourth-order valence-corrected chi connectivity index (χ4v) is 4.40. The van der Waals surface area contributed by atoms with E-state index < -0.39 is 10.0 Å². The van der Waals surface area contributed by atoms with E-state index in [4.69, 9.17) is 0 Å². The lowest BCUT2D eigenvalue weighted by atomic mass is 9.97. The van der Waals surface area contributed by atoms with E-state index >= 15 is 0 Å². The van der Waals surface area contributed by atoms with Gasteiger partial charge in [0.1, 0.15) is 0 Å². The highest BCUT2D eigenvalue weighted by atomic mass is 32.2. The molecule has 10 heteroatoms. The molecule has 0 unspecified atom stereocenters. The first kappa shape index (κ1) is 21.0. The van der Waals surface area contributed by atoms with Crippen LogP contribution >= 0.6 is 11.3 Å². The molecule has 0 spiro atoms. The van der Waals surface area contributed by atoms with Gasteiger partial charge in [-0.15, -0.1) is 11.3 Å². The van der Waals surface area contributed by atoms with Gasteiger partial charge in [0.05, 0.1) is 17.9 Å². The Kier molecular flexibility index (Phi) is 6.33. The Morgan fingerprint density at radius 3 is 2.69 bits per heavy atom. The molecule has 0 saturated carbocycles. The molecule has 1 fully saturated rings. The molecule has 29 heavy (non-hydrogen) atoms. The van der Waals surface area contributed by atoms with Crippen LogP contribution in [0.25, 0.3) is 11.3 Å². The fourth-order valence-electron chi connectivity index (χ4n) is 3.11. The van der Waals surface area contributed by atoms with Gasteiger partial charge in [0.25, 0.3) is 0 Å². The monoisotopic (exact) mass is 434 g/mol. The van der Waals surface area contributed by atoms with Gasteiger partial charge in [0.2, 0.25) is 21.8 Å². The van der Waals surface area contributed by atoms with Gasteiger partial charge in [0.15, 0.2) is 5.13 Å². The predicted molar refractivity (Wildman–Crippen MR) is 114 cm³/mol. The zero-order chi connectivity index (χ0) is 21.0. The van der Waals surface area contributed by atoms with Crippen LogP contribution in [-0.2, 0) is 19.6 Å². The maximum absolute atomic E-state index is 12.6. The average molecular weight is 435 g/mol. The van der Waals surface area contributed by atoms with Crippen molar-refractivity contribution in [1.29, 1.82) is 0 Å². The quantitative estimate of drug-likeness (QED) is 0.679. The second-order valence-corrected chi connectivity index (χ2v) is 9.41. The number of aromatic nitrogens is 1. The number of likely N-dealkylation sites (tertiary alicyclic amines) is 1. The minimum Gasteiger partial charge on any atom is -0.338 e. The highest BCUT2D eigenvalue weighted by Gasteiger charge is 2.28. The molecule has 2 aromatic rings. The topological polar surface area (TPSA) is 108 Å². The summed E-state index contributed by atoms with van der Waals surface area (Å²) in [5.41, 5.74) is 1.96. The molecule has 154 valence electrons. The normalized spacial score (nSPS) is 16.9. The third kappa shape index (κ3) is 5.64. The SMILES string of the molecule is C=CC(=O)N1CCC[C@@H](C(=O)Nc2nc(-c3ccc(NS(C)(=O)=O)cc3)cs2)C1. The number of thiazole rings is 1. The van der Waals surface area contributed by atoms with Gasteiger partial charge in [-0.05, 0) is 31.1 Å². The highest BCUT2D eigenvalue weighted by molar-refractivity contribution is 7.92. The molecule has 2 N–H and O–H groups in total. The number of nitrogens with zero attached hydrogens (tertiary/aromatic N) is 2.